The molecule has 1 aromatic heterocycles. The van der Waals surface area contributed by atoms with E-state index in [2.05, 4.69) is 23.1 Å². The van der Waals surface area contributed by atoms with Gasteiger partial charge in [0.1, 0.15) is 18.6 Å². The van der Waals surface area contributed by atoms with Crippen LogP contribution in [0.1, 0.15) is 42.7 Å². The van der Waals surface area contributed by atoms with E-state index in [4.69, 9.17) is 9.15 Å². The van der Waals surface area contributed by atoms with Crippen molar-refractivity contribution in [3.05, 3.63) is 63.2 Å². The predicted molar refractivity (Wildman–Crippen MR) is 117 cm³/mol. The molecular weight excluding hydrogens is 380 g/mol. The van der Waals surface area contributed by atoms with Gasteiger partial charge in [0.05, 0.1) is 6.54 Å². The second kappa shape index (κ2) is 9.94. The Kier molecular flexibility index (Phi) is 7.32. The molecule has 1 saturated heterocycles. The number of piperazine rings is 1. The van der Waals surface area contributed by atoms with Crippen LogP contribution in [-0.2, 0) is 17.9 Å². The van der Waals surface area contributed by atoms with Crippen molar-refractivity contribution >= 4 is 5.91 Å². The van der Waals surface area contributed by atoms with E-state index in [1.807, 2.05) is 32.6 Å². The first-order valence-electron chi connectivity index (χ1n) is 10.7. The Labute approximate surface area is 178 Å². The topological polar surface area (TPSA) is 63.0 Å². The highest BCUT2D eigenvalue weighted by Gasteiger charge is 2.24. The third kappa shape index (κ3) is 5.72. The summed E-state index contributed by atoms with van der Waals surface area (Å²) in [5, 5.41) is 0. The molecule has 0 bridgehead atoms. The zero-order valence-electron chi connectivity index (χ0n) is 18.4. The molecule has 1 aliphatic rings. The zero-order chi connectivity index (χ0) is 21.7. The lowest BCUT2D eigenvalue weighted by atomic mass is 10.1. The highest BCUT2D eigenvalue weighted by molar-refractivity contribution is 5.78. The van der Waals surface area contributed by atoms with Crippen LogP contribution in [0.2, 0.25) is 0 Å². The van der Waals surface area contributed by atoms with Crippen LogP contribution in [0.15, 0.2) is 39.7 Å². The number of ether oxygens (including phenoxy) is 1. The molecule has 1 fully saturated rings. The summed E-state index contributed by atoms with van der Waals surface area (Å²) in [4.78, 5) is 28.9. The van der Waals surface area contributed by atoms with Gasteiger partial charge >= 0.3 is 0 Å². The molecule has 1 atom stereocenters. The Morgan fingerprint density at radius 1 is 1.10 bits per heavy atom. The summed E-state index contributed by atoms with van der Waals surface area (Å²) < 4.78 is 11.3. The van der Waals surface area contributed by atoms with Crippen molar-refractivity contribution in [2.75, 3.05) is 26.2 Å². The first-order chi connectivity index (χ1) is 14.4. The maximum absolute atomic E-state index is 12.4. The van der Waals surface area contributed by atoms with E-state index < -0.39 is 0 Å². The maximum Gasteiger partial charge on any atom is 0.227 e. The van der Waals surface area contributed by atoms with Crippen LogP contribution >= 0.6 is 0 Å². The standard InChI is InChI=1S/C24H32N2O4/c1-5-19(4)24(28)26-8-6-25(7-9-26)14-21-13-22(27)23(16-29-21)30-15-20-11-17(2)10-18(3)12-20/h10-13,16,19H,5-9,14-15H2,1-4H3. The summed E-state index contributed by atoms with van der Waals surface area (Å²) in [6.07, 6.45) is 2.27. The van der Waals surface area contributed by atoms with Gasteiger partial charge < -0.3 is 14.1 Å². The van der Waals surface area contributed by atoms with Gasteiger partial charge in [-0.05, 0) is 25.8 Å². The number of aryl methyl sites for hydroxylation is 2. The van der Waals surface area contributed by atoms with E-state index in [1.165, 1.54) is 23.5 Å². The Morgan fingerprint density at radius 2 is 1.77 bits per heavy atom. The number of carbonyl (C=O) groups is 1. The second-order valence-electron chi connectivity index (χ2n) is 8.27. The Hall–Kier alpha value is -2.60. The minimum absolute atomic E-state index is 0.0748. The molecular formula is C24H32N2O4. The lowest BCUT2D eigenvalue weighted by molar-refractivity contribution is -0.136. The highest BCUT2D eigenvalue weighted by atomic mass is 16.5. The van der Waals surface area contributed by atoms with E-state index in [0.29, 0.717) is 32.0 Å². The molecule has 0 aliphatic carbocycles. The third-order valence-electron chi connectivity index (χ3n) is 5.63. The molecule has 3 rings (SSSR count). The first kappa shape index (κ1) is 22.1. The number of amides is 1. The second-order valence-corrected chi connectivity index (χ2v) is 8.27. The number of rotatable bonds is 7. The maximum atomic E-state index is 12.4. The van der Waals surface area contributed by atoms with E-state index in [1.54, 1.807) is 0 Å². The average Bonchev–Trinajstić information content (AvgIpc) is 2.72. The third-order valence-corrected chi connectivity index (χ3v) is 5.63. The van der Waals surface area contributed by atoms with Crippen molar-refractivity contribution in [1.29, 1.82) is 0 Å². The van der Waals surface area contributed by atoms with E-state index in [0.717, 1.165) is 25.1 Å². The smallest absolute Gasteiger partial charge is 0.227 e. The number of benzene rings is 1. The molecule has 1 aliphatic heterocycles. The normalized spacial score (nSPS) is 15.8. The molecule has 0 saturated carbocycles. The molecule has 2 aromatic rings. The fraction of sp³-hybridized carbons (Fsp3) is 0.500. The van der Waals surface area contributed by atoms with Gasteiger partial charge in [0.2, 0.25) is 17.1 Å². The fourth-order valence-electron chi connectivity index (χ4n) is 3.77. The lowest BCUT2D eigenvalue weighted by Crippen LogP contribution is -2.49. The van der Waals surface area contributed by atoms with Crippen LogP contribution in [0.3, 0.4) is 0 Å². The molecule has 1 amide bonds. The quantitative estimate of drug-likeness (QED) is 0.696. The highest BCUT2D eigenvalue weighted by Crippen LogP contribution is 2.15. The largest absolute Gasteiger partial charge is 0.482 e. The van der Waals surface area contributed by atoms with Crippen molar-refractivity contribution in [1.82, 2.24) is 9.80 Å². The van der Waals surface area contributed by atoms with Crippen LogP contribution < -0.4 is 10.2 Å². The number of nitrogens with zero attached hydrogens (tertiary/aromatic N) is 2. The molecule has 6 heteroatoms. The van der Waals surface area contributed by atoms with Gasteiger partial charge in [0.15, 0.2) is 0 Å². The van der Waals surface area contributed by atoms with Gasteiger partial charge in [-0.15, -0.1) is 0 Å². The van der Waals surface area contributed by atoms with Crippen LogP contribution in [-0.4, -0.2) is 41.9 Å². The Morgan fingerprint density at radius 3 is 2.37 bits per heavy atom. The summed E-state index contributed by atoms with van der Waals surface area (Å²) in [6.45, 7) is 12.0. The fourth-order valence-corrected chi connectivity index (χ4v) is 3.77. The summed E-state index contributed by atoms with van der Waals surface area (Å²) in [5.41, 5.74) is 3.19. The van der Waals surface area contributed by atoms with Crippen LogP contribution in [0, 0.1) is 19.8 Å². The molecule has 6 nitrogen and oxygen atoms in total. The van der Waals surface area contributed by atoms with E-state index >= 15 is 0 Å². The van der Waals surface area contributed by atoms with Gasteiger partial charge in [-0.1, -0.05) is 43.2 Å². The lowest BCUT2D eigenvalue weighted by Gasteiger charge is -2.35. The first-order valence-corrected chi connectivity index (χ1v) is 10.7. The molecule has 1 aromatic carbocycles. The predicted octanol–water partition coefficient (Wildman–Crippen LogP) is 3.53. The molecule has 162 valence electrons. The zero-order valence-corrected chi connectivity index (χ0v) is 18.4. The number of hydrogen-bond donors (Lipinski definition) is 0. The van der Waals surface area contributed by atoms with Crippen LogP contribution in [0.25, 0.3) is 0 Å². The van der Waals surface area contributed by atoms with Crippen molar-refractivity contribution < 1.29 is 13.9 Å². The molecule has 1 unspecified atom stereocenters. The molecule has 0 radical (unpaired) electrons. The Bertz CT molecular complexity index is 909. The van der Waals surface area contributed by atoms with Gasteiger partial charge in [0, 0.05) is 38.2 Å². The number of carbonyl (C=O) groups excluding carboxylic acids is 1. The molecule has 30 heavy (non-hydrogen) atoms. The average molecular weight is 413 g/mol. The van der Waals surface area contributed by atoms with Gasteiger partial charge in [-0.25, -0.2) is 0 Å². The van der Waals surface area contributed by atoms with Crippen molar-refractivity contribution in [2.45, 2.75) is 47.3 Å². The van der Waals surface area contributed by atoms with Crippen LogP contribution in [0.5, 0.6) is 5.75 Å². The monoisotopic (exact) mass is 412 g/mol. The SMILES string of the molecule is CCC(C)C(=O)N1CCN(Cc2cc(=O)c(OCc3cc(C)cc(C)c3)co2)CC1. The summed E-state index contributed by atoms with van der Waals surface area (Å²) in [5.74, 6) is 1.14. The molecule has 0 N–H and O–H groups in total. The summed E-state index contributed by atoms with van der Waals surface area (Å²) >= 11 is 0. The van der Waals surface area contributed by atoms with Crippen molar-refractivity contribution in [2.24, 2.45) is 5.92 Å². The summed E-state index contributed by atoms with van der Waals surface area (Å²) in [7, 11) is 0. The van der Waals surface area contributed by atoms with Crippen molar-refractivity contribution in [3.8, 4) is 5.75 Å². The van der Waals surface area contributed by atoms with Gasteiger partial charge in [-0.3, -0.25) is 14.5 Å². The van der Waals surface area contributed by atoms with E-state index in [-0.39, 0.29) is 23.0 Å². The van der Waals surface area contributed by atoms with Crippen LogP contribution in [0.4, 0.5) is 0 Å². The number of hydrogen-bond acceptors (Lipinski definition) is 5. The minimum Gasteiger partial charge on any atom is -0.482 e. The Balaban J connectivity index is 1.53. The molecule has 2 heterocycles. The van der Waals surface area contributed by atoms with Crippen molar-refractivity contribution in [3.63, 3.8) is 0 Å². The molecule has 0 spiro atoms. The summed E-state index contributed by atoms with van der Waals surface area (Å²) in [6, 6.07) is 7.71. The van der Waals surface area contributed by atoms with Gasteiger partial charge in [-0.2, -0.15) is 0 Å². The minimum atomic E-state index is -0.175. The van der Waals surface area contributed by atoms with E-state index in [9.17, 15) is 9.59 Å². The van der Waals surface area contributed by atoms with Gasteiger partial charge in [0.25, 0.3) is 0 Å².